The summed E-state index contributed by atoms with van der Waals surface area (Å²) in [6, 6.07) is 26.8. The van der Waals surface area contributed by atoms with Crippen molar-refractivity contribution in [2.24, 2.45) is 0 Å². The van der Waals surface area contributed by atoms with Crippen LogP contribution in [0.1, 0.15) is 40.4 Å². The number of para-hydroxylation sites is 1. The lowest BCUT2D eigenvalue weighted by Gasteiger charge is -2.34. The SMILES string of the molecule is O=C(O)c1c(CN2CCCC(c3ccccc3)C2)n(-c2ccccc2)c(=O)c2ccccc12. The third-order valence-corrected chi connectivity index (χ3v) is 6.57. The van der Waals surface area contributed by atoms with Crippen molar-refractivity contribution >= 4 is 16.7 Å². The van der Waals surface area contributed by atoms with Crippen molar-refractivity contribution in [2.45, 2.75) is 25.3 Å². The number of rotatable bonds is 5. The predicted molar refractivity (Wildman–Crippen MR) is 130 cm³/mol. The molecule has 33 heavy (non-hydrogen) atoms. The highest BCUT2D eigenvalue weighted by atomic mass is 16.4. The van der Waals surface area contributed by atoms with Crippen molar-refractivity contribution in [2.75, 3.05) is 13.1 Å². The molecule has 5 rings (SSSR count). The minimum Gasteiger partial charge on any atom is -0.478 e. The maximum absolute atomic E-state index is 13.6. The quantitative estimate of drug-likeness (QED) is 0.473. The average molecular weight is 439 g/mol. The fourth-order valence-corrected chi connectivity index (χ4v) is 5.04. The molecular formula is C28H26N2O3. The Kier molecular flexibility index (Phi) is 5.80. The van der Waals surface area contributed by atoms with Crippen molar-refractivity contribution in [3.8, 4) is 5.69 Å². The number of pyridine rings is 1. The summed E-state index contributed by atoms with van der Waals surface area (Å²) in [6.45, 7) is 2.11. The van der Waals surface area contributed by atoms with Crippen LogP contribution in [0.25, 0.3) is 16.5 Å². The summed E-state index contributed by atoms with van der Waals surface area (Å²) >= 11 is 0. The van der Waals surface area contributed by atoms with Gasteiger partial charge in [0.15, 0.2) is 0 Å². The van der Waals surface area contributed by atoms with Crippen molar-refractivity contribution in [3.63, 3.8) is 0 Å². The van der Waals surface area contributed by atoms with Gasteiger partial charge < -0.3 is 5.11 Å². The number of piperidine rings is 1. The lowest BCUT2D eigenvalue weighted by molar-refractivity contribution is 0.0695. The van der Waals surface area contributed by atoms with Crippen molar-refractivity contribution in [1.29, 1.82) is 0 Å². The van der Waals surface area contributed by atoms with E-state index in [9.17, 15) is 14.7 Å². The normalized spacial score (nSPS) is 16.7. The smallest absolute Gasteiger partial charge is 0.338 e. The molecule has 0 saturated carbocycles. The van der Waals surface area contributed by atoms with Crippen molar-refractivity contribution in [1.82, 2.24) is 9.47 Å². The first-order chi connectivity index (χ1) is 16.1. The van der Waals surface area contributed by atoms with Gasteiger partial charge in [-0.25, -0.2) is 4.79 Å². The summed E-state index contributed by atoms with van der Waals surface area (Å²) in [6.07, 6.45) is 2.14. The van der Waals surface area contributed by atoms with Gasteiger partial charge in [-0.3, -0.25) is 14.3 Å². The third kappa shape index (κ3) is 4.08. The molecule has 5 nitrogen and oxygen atoms in total. The van der Waals surface area contributed by atoms with Crippen LogP contribution in [-0.4, -0.2) is 33.6 Å². The second-order valence-corrected chi connectivity index (χ2v) is 8.63. The number of carboxylic acids is 1. The number of fused-ring (bicyclic) bond motifs is 1. The number of carboxylic acid groups (broad SMARTS) is 1. The first-order valence-corrected chi connectivity index (χ1v) is 11.4. The molecule has 1 aliphatic rings. The van der Waals surface area contributed by atoms with E-state index in [0.717, 1.165) is 25.9 Å². The maximum atomic E-state index is 13.6. The molecule has 2 heterocycles. The van der Waals surface area contributed by atoms with Crippen LogP contribution in [0.15, 0.2) is 89.7 Å². The first kappa shape index (κ1) is 21.2. The number of aromatic nitrogens is 1. The largest absolute Gasteiger partial charge is 0.478 e. The van der Waals surface area contributed by atoms with E-state index in [1.165, 1.54) is 5.56 Å². The van der Waals surface area contributed by atoms with Gasteiger partial charge in [-0.15, -0.1) is 0 Å². The first-order valence-electron chi connectivity index (χ1n) is 11.4. The van der Waals surface area contributed by atoms with Gasteiger partial charge in [-0.05, 0) is 49.1 Å². The molecule has 1 N–H and O–H groups in total. The number of likely N-dealkylation sites (tertiary alicyclic amines) is 1. The highest BCUT2D eigenvalue weighted by Crippen LogP contribution is 2.29. The molecular weight excluding hydrogens is 412 g/mol. The van der Waals surface area contributed by atoms with Gasteiger partial charge >= 0.3 is 5.97 Å². The molecule has 1 aromatic heterocycles. The highest BCUT2D eigenvalue weighted by molar-refractivity contribution is 6.04. The standard InChI is InChI=1S/C28H26N2O3/c31-27-24-16-8-7-15-23(24)26(28(32)33)25(30(27)22-13-5-2-6-14-22)19-29-17-9-12-21(18-29)20-10-3-1-4-11-20/h1-8,10-11,13-16,21H,9,12,17-19H2,(H,32,33). The van der Waals surface area contributed by atoms with E-state index in [-0.39, 0.29) is 11.1 Å². The number of aromatic carboxylic acids is 1. The third-order valence-electron chi connectivity index (χ3n) is 6.57. The fraction of sp³-hybridized carbons (Fsp3) is 0.214. The van der Waals surface area contributed by atoms with Crippen LogP contribution in [0.4, 0.5) is 0 Å². The minimum absolute atomic E-state index is 0.187. The molecule has 0 amide bonds. The van der Waals surface area contributed by atoms with E-state index in [0.29, 0.717) is 34.6 Å². The molecule has 0 bridgehead atoms. The molecule has 1 aliphatic heterocycles. The Labute approximate surface area is 192 Å². The molecule has 0 spiro atoms. The summed E-state index contributed by atoms with van der Waals surface area (Å²) in [5, 5.41) is 11.2. The van der Waals surface area contributed by atoms with Gasteiger partial charge in [0.1, 0.15) is 0 Å². The summed E-state index contributed by atoms with van der Waals surface area (Å²) in [7, 11) is 0. The monoisotopic (exact) mass is 438 g/mol. The van der Waals surface area contributed by atoms with Gasteiger partial charge in [-0.1, -0.05) is 66.7 Å². The molecule has 3 aromatic carbocycles. The van der Waals surface area contributed by atoms with E-state index in [2.05, 4.69) is 29.2 Å². The lowest BCUT2D eigenvalue weighted by Crippen LogP contribution is -2.37. The molecule has 1 atom stereocenters. The van der Waals surface area contributed by atoms with Gasteiger partial charge in [0.05, 0.1) is 11.3 Å². The lowest BCUT2D eigenvalue weighted by atomic mass is 9.90. The maximum Gasteiger partial charge on any atom is 0.338 e. The molecule has 1 saturated heterocycles. The summed E-state index contributed by atoms with van der Waals surface area (Å²) in [5.74, 6) is -0.618. The predicted octanol–water partition coefficient (Wildman–Crippen LogP) is 5.07. The molecule has 4 aromatic rings. The zero-order valence-corrected chi connectivity index (χ0v) is 18.4. The molecule has 0 aliphatic carbocycles. The number of hydrogen-bond donors (Lipinski definition) is 1. The van der Waals surface area contributed by atoms with Gasteiger partial charge in [-0.2, -0.15) is 0 Å². The zero-order valence-electron chi connectivity index (χ0n) is 18.4. The van der Waals surface area contributed by atoms with Crippen LogP contribution < -0.4 is 5.56 Å². The highest BCUT2D eigenvalue weighted by Gasteiger charge is 2.27. The number of hydrogen-bond acceptors (Lipinski definition) is 3. The Hall–Kier alpha value is -3.70. The minimum atomic E-state index is -1.01. The Morgan fingerprint density at radius 1 is 0.879 bits per heavy atom. The number of benzene rings is 3. The number of carbonyl (C=O) groups is 1. The molecule has 0 radical (unpaired) electrons. The van der Waals surface area contributed by atoms with Gasteiger partial charge in [0.25, 0.3) is 5.56 Å². The molecule has 166 valence electrons. The Bertz CT molecular complexity index is 1350. The topological polar surface area (TPSA) is 62.5 Å². The van der Waals surface area contributed by atoms with Crippen LogP contribution in [0, 0.1) is 0 Å². The zero-order chi connectivity index (χ0) is 22.8. The van der Waals surface area contributed by atoms with Gasteiger partial charge in [0.2, 0.25) is 0 Å². The molecule has 1 fully saturated rings. The van der Waals surface area contributed by atoms with Crippen LogP contribution >= 0.6 is 0 Å². The van der Waals surface area contributed by atoms with Crippen molar-refractivity contribution < 1.29 is 9.90 Å². The fourth-order valence-electron chi connectivity index (χ4n) is 5.04. The van der Waals surface area contributed by atoms with Gasteiger partial charge in [0, 0.05) is 29.5 Å². The molecule has 1 unspecified atom stereocenters. The van der Waals surface area contributed by atoms with Crippen molar-refractivity contribution in [3.05, 3.63) is 112 Å². The second-order valence-electron chi connectivity index (χ2n) is 8.63. The van der Waals surface area contributed by atoms with Crippen LogP contribution in [0.3, 0.4) is 0 Å². The average Bonchev–Trinajstić information content (AvgIpc) is 2.85. The van der Waals surface area contributed by atoms with Crippen LogP contribution in [0.2, 0.25) is 0 Å². The summed E-state index contributed by atoms with van der Waals surface area (Å²) in [5.41, 5.74) is 2.54. The second kappa shape index (κ2) is 9.04. The van der Waals surface area contributed by atoms with Crippen LogP contribution in [0.5, 0.6) is 0 Å². The molecule has 5 heteroatoms. The van der Waals surface area contributed by atoms with E-state index >= 15 is 0 Å². The number of nitrogens with zero attached hydrogens (tertiary/aromatic N) is 2. The van der Waals surface area contributed by atoms with Crippen LogP contribution in [-0.2, 0) is 6.54 Å². The Morgan fingerprint density at radius 3 is 2.21 bits per heavy atom. The Balaban J connectivity index is 1.64. The van der Waals surface area contributed by atoms with E-state index in [1.807, 2.05) is 36.4 Å². The summed E-state index contributed by atoms with van der Waals surface area (Å²) < 4.78 is 1.60. The van der Waals surface area contributed by atoms with E-state index in [1.54, 1.807) is 28.8 Å². The summed E-state index contributed by atoms with van der Waals surface area (Å²) in [4.78, 5) is 28.4. The van der Waals surface area contributed by atoms with E-state index < -0.39 is 5.97 Å². The van der Waals surface area contributed by atoms with E-state index in [4.69, 9.17) is 0 Å². The Morgan fingerprint density at radius 2 is 1.52 bits per heavy atom.